The Labute approximate surface area is 150 Å². The van der Waals surface area contributed by atoms with Crippen molar-refractivity contribution in [1.29, 1.82) is 0 Å². The van der Waals surface area contributed by atoms with Crippen LogP contribution in [0.1, 0.15) is 33.1 Å². The van der Waals surface area contributed by atoms with Crippen LogP contribution in [0.15, 0.2) is 58.0 Å². The van der Waals surface area contributed by atoms with Gasteiger partial charge in [0.05, 0.1) is 6.20 Å². The summed E-state index contributed by atoms with van der Waals surface area (Å²) in [5.41, 5.74) is 2.54. The van der Waals surface area contributed by atoms with E-state index in [0.29, 0.717) is 11.6 Å². The van der Waals surface area contributed by atoms with E-state index in [1.54, 1.807) is 6.08 Å². The smallest absolute Gasteiger partial charge is 0.261 e. The molecule has 1 aromatic heterocycles. The molecule has 0 fully saturated rings. The number of thioether (sulfide) groups is 1. The zero-order chi connectivity index (χ0) is 17.8. The van der Waals surface area contributed by atoms with Crippen LogP contribution in [0.5, 0.6) is 5.75 Å². The van der Waals surface area contributed by atoms with Gasteiger partial charge in [-0.2, -0.15) is 0 Å². The van der Waals surface area contributed by atoms with E-state index in [2.05, 4.69) is 4.98 Å². The second kappa shape index (κ2) is 7.40. The Bertz CT molecular complexity index is 906. The fraction of sp³-hybridized carbons (Fsp3) is 0.100. The Morgan fingerprint density at radius 2 is 1.80 bits per heavy atom. The molecule has 0 radical (unpaired) electrons. The average Bonchev–Trinajstić information content (AvgIpc) is 3.08. The third kappa shape index (κ3) is 4.19. The number of carbonyl (C=O) groups excluding carboxylic acids is 1. The zero-order valence-electron chi connectivity index (χ0n) is 13.9. The number of aromatic hydroxyl groups is 1. The molecule has 0 aliphatic rings. The lowest BCUT2D eigenvalue weighted by atomic mass is 10.1. The van der Waals surface area contributed by atoms with Crippen LogP contribution < -0.4 is 0 Å². The quantitative estimate of drug-likeness (QED) is 0.663. The maximum absolute atomic E-state index is 12.2. The standard InChI is InChI=1S/C20H17NO3S/c1-13-10-15(11-14(2)19(13)22)8-9-18-21-12-17(24-18)20(23)25-16-6-4-3-5-7-16/h3-12,22H,1-2H3/b9-8+. The van der Waals surface area contributed by atoms with Gasteiger partial charge in [0.1, 0.15) is 5.75 Å². The SMILES string of the molecule is Cc1cc(/C=C/c2ncc(C(=O)Sc3ccccc3)o2)cc(C)c1O. The number of nitrogens with zero attached hydrogens (tertiary/aromatic N) is 1. The highest BCUT2D eigenvalue weighted by Crippen LogP contribution is 2.25. The van der Waals surface area contributed by atoms with Gasteiger partial charge in [0.2, 0.25) is 11.7 Å². The average molecular weight is 351 g/mol. The van der Waals surface area contributed by atoms with Crippen molar-refractivity contribution in [3.8, 4) is 5.75 Å². The van der Waals surface area contributed by atoms with Crippen molar-refractivity contribution in [1.82, 2.24) is 4.98 Å². The predicted octanol–water partition coefficient (Wildman–Crippen LogP) is 5.10. The molecule has 1 heterocycles. The van der Waals surface area contributed by atoms with Crippen LogP contribution in [-0.2, 0) is 0 Å². The van der Waals surface area contributed by atoms with Gasteiger partial charge in [0, 0.05) is 11.0 Å². The minimum absolute atomic E-state index is 0.185. The van der Waals surface area contributed by atoms with Gasteiger partial charge in [0.25, 0.3) is 5.12 Å². The Morgan fingerprint density at radius 3 is 2.48 bits per heavy atom. The van der Waals surface area contributed by atoms with Crippen LogP contribution in [0.2, 0.25) is 0 Å². The van der Waals surface area contributed by atoms with Crippen LogP contribution in [0, 0.1) is 13.8 Å². The number of hydrogen-bond acceptors (Lipinski definition) is 5. The highest BCUT2D eigenvalue weighted by molar-refractivity contribution is 8.14. The van der Waals surface area contributed by atoms with Crippen LogP contribution in [0.3, 0.4) is 0 Å². The second-order valence-electron chi connectivity index (χ2n) is 5.60. The van der Waals surface area contributed by atoms with Gasteiger partial charge >= 0.3 is 0 Å². The molecule has 0 amide bonds. The molecule has 0 saturated heterocycles. The number of phenols is 1. The molecule has 2 aromatic carbocycles. The maximum atomic E-state index is 12.2. The van der Waals surface area contributed by atoms with E-state index in [4.69, 9.17) is 4.42 Å². The molecule has 4 nitrogen and oxygen atoms in total. The summed E-state index contributed by atoms with van der Waals surface area (Å²) in [5.74, 6) is 0.881. The van der Waals surface area contributed by atoms with E-state index in [1.165, 1.54) is 6.20 Å². The van der Waals surface area contributed by atoms with Crippen LogP contribution in [0.25, 0.3) is 12.2 Å². The van der Waals surface area contributed by atoms with Gasteiger partial charge in [-0.05, 0) is 72.6 Å². The molecule has 0 saturated carbocycles. The first-order valence-corrected chi connectivity index (χ1v) is 8.56. The van der Waals surface area contributed by atoms with Crippen LogP contribution in [0.4, 0.5) is 0 Å². The third-order valence-electron chi connectivity index (χ3n) is 3.61. The number of rotatable bonds is 4. The molecule has 0 aliphatic carbocycles. The summed E-state index contributed by atoms with van der Waals surface area (Å²) in [6.45, 7) is 3.70. The summed E-state index contributed by atoms with van der Waals surface area (Å²) in [7, 11) is 0. The molecule has 0 aliphatic heterocycles. The second-order valence-corrected chi connectivity index (χ2v) is 6.65. The lowest BCUT2D eigenvalue weighted by molar-refractivity contribution is 0.106. The number of aryl methyl sites for hydroxylation is 2. The summed E-state index contributed by atoms with van der Waals surface area (Å²) >= 11 is 1.11. The fourth-order valence-electron chi connectivity index (χ4n) is 2.36. The van der Waals surface area contributed by atoms with Crippen LogP contribution >= 0.6 is 11.8 Å². The normalized spacial score (nSPS) is 11.1. The number of hydrogen-bond donors (Lipinski definition) is 1. The lowest BCUT2D eigenvalue weighted by Gasteiger charge is -2.04. The number of benzene rings is 2. The highest BCUT2D eigenvalue weighted by atomic mass is 32.2. The number of carbonyl (C=O) groups is 1. The molecule has 1 N–H and O–H groups in total. The van der Waals surface area contributed by atoms with Gasteiger partial charge in [-0.25, -0.2) is 4.98 Å². The highest BCUT2D eigenvalue weighted by Gasteiger charge is 2.13. The molecular formula is C20H17NO3S. The molecule has 0 atom stereocenters. The fourth-order valence-corrected chi connectivity index (χ4v) is 3.06. The summed E-state index contributed by atoms with van der Waals surface area (Å²) in [6, 6.07) is 13.2. The maximum Gasteiger partial charge on any atom is 0.261 e. The molecule has 25 heavy (non-hydrogen) atoms. The molecular weight excluding hydrogens is 334 g/mol. The van der Waals surface area contributed by atoms with Crippen molar-refractivity contribution in [2.24, 2.45) is 0 Å². The predicted molar refractivity (Wildman–Crippen MR) is 99.6 cm³/mol. The minimum Gasteiger partial charge on any atom is -0.507 e. The Morgan fingerprint density at radius 1 is 1.12 bits per heavy atom. The summed E-state index contributed by atoms with van der Waals surface area (Å²) in [4.78, 5) is 17.2. The van der Waals surface area contributed by atoms with Crippen molar-refractivity contribution in [3.05, 3.63) is 77.0 Å². The molecule has 0 spiro atoms. The number of aromatic nitrogens is 1. The number of oxazole rings is 1. The van der Waals surface area contributed by atoms with E-state index in [0.717, 1.165) is 33.3 Å². The first-order valence-electron chi connectivity index (χ1n) is 7.74. The summed E-state index contributed by atoms with van der Waals surface area (Å²) in [6.07, 6.45) is 4.98. The first kappa shape index (κ1) is 17.0. The van der Waals surface area contributed by atoms with Crippen molar-refractivity contribution in [2.45, 2.75) is 18.7 Å². The van der Waals surface area contributed by atoms with Gasteiger partial charge in [-0.1, -0.05) is 18.2 Å². The van der Waals surface area contributed by atoms with E-state index >= 15 is 0 Å². The topological polar surface area (TPSA) is 63.3 Å². The summed E-state index contributed by atoms with van der Waals surface area (Å²) in [5, 5.41) is 9.62. The Kier molecular flexibility index (Phi) is 5.05. The van der Waals surface area contributed by atoms with Gasteiger partial charge in [-0.3, -0.25) is 4.79 Å². The van der Waals surface area contributed by atoms with Crippen molar-refractivity contribution in [2.75, 3.05) is 0 Å². The Balaban J connectivity index is 1.72. The zero-order valence-corrected chi connectivity index (χ0v) is 14.7. The van der Waals surface area contributed by atoms with Gasteiger partial charge in [-0.15, -0.1) is 0 Å². The van der Waals surface area contributed by atoms with Crippen LogP contribution in [-0.4, -0.2) is 15.2 Å². The van der Waals surface area contributed by atoms with E-state index < -0.39 is 0 Å². The van der Waals surface area contributed by atoms with E-state index in [1.807, 2.05) is 62.4 Å². The van der Waals surface area contributed by atoms with E-state index in [9.17, 15) is 9.90 Å². The van der Waals surface area contributed by atoms with Crippen molar-refractivity contribution >= 4 is 29.0 Å². The molecule has 0 unspecified atom stereocenters. The van der Waals surface area contributed by atoms with Gasteiger partial charge in [0.15, 0.2) is 0 Å². The third-order valence-corrected chi connectivity index (χ3v) is 4.50. The number of phenolic OH excluding ortho intramolecular Hbond substituents is 1. The first-order chi connectivity index (χ1) is 12.0. The monoisotopic (exact) mass is 351 g/mol. The largest absolute Gasteiger partial charge is 0.507 e. The molecule has 3 rings (SSSR count). The summed E-state index contributed by atoms with van der Waals surface area (Å²) < 4.78 is 5.51. The Hall–Kier alpha value is -2.79. The van der Waals surface area contributed by atoms with Crippen molar-refractivity contribution < 1.29 is 14.3 Å². The van der Waals surface area contributed by atoms with Gasteiger partial charge < -0.3 is 9.52 Å². The van der Waals surface area contributed by atoms with E-state index in [-0.39, 0.29) is 10.9 Å². The lowest BCUT2D eigenvalue weighted by Crippen LogP contribution is -1.89. The minimum atomic E-state index is -0.185. The molecule has 126 valence electrons. The van der Waals surface area contributed by atoms with Crippen molar-refractivity contribution in [3.63, 3.8) is 0 Å². The molecule has 0 bridgehead atoms. The molecule has 5 heteroatoms. The molecule has 3 aromatic rings.